The number of nitrogens with one attached hydrogen (secondary N) is 1. The van der Waals surface area contributed by atoms with Crippen molar-refractivity contribution in [3.63, 3.8) is 0 Å². The van der Waals surface area contributed by atoms with Crippen molar-refractivity contribution in [2.75, 3.05) is 19.3 Å². The minimum Gasteiger partial charge on any atom is -0.314 e. The van der Waals surface area contributed by atoms with Gasteiger partial charge in [-0.3, -0.25) is 4.68 Å². The normalized spacial score (nSPS) is 18.4. The Bertz CT molecular complexity index is 267. The van der Waals surface area contributed by atoms with Gasteiger partial charge in [0, 0.05) is 30.2 Å². The summed E-state index contributed by atoms with van der Waals surface area (Å²) in [4.78, 5) is 0. The lowest BCUT2D eigenvalue weighted by atomic mass is 10.4. The Morgan fingerprint density at radius 2 is 2.43 bits per heavy atom. The number of rotatable bonds is 6. The summed E-state index contributed by atoms with van der Waals surface area (Å²) in [6, 6.07) is 1.96. The molecule has 1 aromatic rings. The first-order valence-electron chi connectivity index (χ1n) is 5.08. The molecule has 0 aromatic carbocycles. The number of nitrogens with zero attached hydrogens (tertiary/aromatic N) is 2. The Hall–Kier alpha value is -0.480. The van der Waals surface area contributed by atoms with E-state index in [1.807, 2.05) is 34.9 Å². The van der Waals surface area contributed by atoms with Crippen LogP contribution < -0.4 is 5.32 Å². The average Bonchev–Trinajstić information content (AvgIpc) is 2.81. The van der Waals surface area contributed by atoms with E-state index in [2.05, 4.69) is 16.7 Å². The van der Waals surface area contributed by atoms with Crippen molar-refractivity contribution in [3.05, 3.63) is 18.5 Å². The second-order valence-corrected chi connectivity index (χ2v) is 5.11. The fraction of sp³-hybridized carbons (Fsp3) is 0.700. The molecule has 0 saturated heterocycles. The molecule has 0 unspecified atom stereocenters. The predicted octanol–water partition coefficient (Wildman–Crippen LogP) is 1.37. The van der Waals surface area contributed by atoms with Gasteiger partial charge < -0.3 is 5.32 Å². The summed E-state index contributed by atoms with van der Waals surface area (Å²) in [6.45, 7) is 3.14. The molecule has 78 valence electrons. The van der Waals surface area contributed by atoms with Crippen LogP contribution in [-0.4, -0.2) is 33.9 Å². The highest BCUT2D eigenvalue weighted by Gasteiger charge is 2.41. The Morgan fingerprint density at radius 1 is 1.57 bits per heavy atom. The highest BCUT2D eigenvalue weighted by Crippen LogP contribution is 2.46. The van der Waals surface area contributed by atoms with E-state index >= 15 is 0 Å². The van der Waals surface area contributed by atoms with Crippen molar-refractivity contribution < 1.29 is 0 Å². The van der Waals surface area contributed by atoms with Crippen LogP contribution in [0.4, 0.5) is 0 Å². The Morgan fingerprint density at radius 3 is 3.00 bits per heavy atom. The van der Waals surface area contributed by atoms with Gasteiger partial charge in [-0.25, -0.2) is 0 Å². The van der Waals surface area contributed by atoms with E-state index < -0.39 is 0 Å². The van der Waals surface area contributed by atoms with Gasteiger partial charge in [-0.05, 0) is 25.2 Å². The molecule has 0 spiro atoms. The van der Waals surface area contributed by atoms with E-state index in [1.165, 1.54) is 12.8 Å². The predicted molar refractivity (Wildman–Crippen MR) is 60.6 cm³/mol. The van der Waals surface area contributed by atoms with Gasteiger partial charge in [0.05, 0.1) is 6.54 Å². The number of hydrogen-bond donors (Lipinski definition) is 1. The summed E-state index contributed by atoms with van der Waals surface area (Å²) in [6.07, 6.45) is 8.79. The molecule has 1 saturated carbocycles. The lowest BCUT2D eigenvalue weighted by Crippen LogP contribution is -2.28. The molecule has 1 aliphatic rings. The van der Waals surface area contributed by atoms with E-state index in [-0.39, 0.29) is 0 Å². The summed E-state index contributed by atoms with van der Waals surface area (Å²) >= 11 is 2.00. The van der Waals surface area contributed by atoms with Crippen molar-refractivity contribution in [3.8, 4) is 0 Å². The van der Waals surface area contributed by atoms with Crippen LogP contribution in [0.25, 0.3) is 0 Å². The average molecular weight is 211 g/mol. The van der Waals surface area contributed by atoms with Gasteiger partial charge in [0.1, 0.15) is 0 Å². The summed E-state index contributed by atoms with van der Waals surface area (Å²) < 4.78 is 2.54. The Kier molecular flexibility index (Phi) is 3.13. The second kappa shape index (κ2) is 4.36. The topological polar surface area (TPSA) is 29.9 Å². The fourth-order valence-electron chi connectivity index (χ4n) is 1.54. The van der Waals surface area contributed by atoms with Crippen molar-refractivity contribution in [2.45, 2.75) is 24.1 Å². The third-order valence-electron chi connectivity index (χ3n) is 2.76. The standard InChI is InChI=1S/C10H17N3S/c1-14-10(3-4-10)9-11-6-8-13-7-2-5-12-13/h2,5,7,11H,3-4,6,8-9H2,1H3. The van der Waals surface area contributed by atoms with Crippen LogP contribution >= 0.6 is 11.8 Å². The van der Waals surface area contributed by atoms with Crippen LogP contribution in [0, 0.1) is 0 Å². The molecule has 1 N–H and O–H groups in total. The molecule has 1 aliphatic carbocycles. The zero-order chi connectivity index (χ0) is 9.86. The van der Waals surface area contributed by atoms with Crippen molar-refractivity contribution in [1.29, 1.82) is 0 Å². The van der Waals surface area contributed by atoms with Crippen LogP contribution in [0.1, 0.15) is 12.8 Å². The van der Waals surface area contributed by atoms with Crippen LogP contribution in [0.5, 0.6) is 0 Å². The van der Waals surface area contributed by atoms with E-state index in [1.54, 1.807) is 0 Å². The molecule has 0 amide bonds. The van der Waals surface area contributed by atoms with Gasteiger partial charge in [0.25, 0.3) is 0 Å². The van der Waals surface area contributed by atoms with E-state index in [4.69, 9.17) is 0 Å². The molecule has 2 rings (SSSR count). The quantitative estimate of drug-likeness (QED) is 0.721. The molecule has 0 bridgehead atoms. The molecule has 3 nitrogen and oxygen atoms in total. The molecule has 1 fully saturated rings. The monoisotopic (exact) mass is 211 g/mol. The zero-order valence-corrected chi connectivity index (χ0v) is 9.39. The highest BCUT2D eigenvalue weighted by molar-refractivity contribution is 8.00. The SMILES string of the molecule is CSC1(CNCCn2cccn2)CC1. The number of aromatic nitrogens is 2. The van der Waals surface area contributed by atoms with Gasteiger partial charge >= 0.3 is 0 Å². The van der Waals surface area contributed by atoms with Gasteiger partial charge in [0.15, 0.2) is 0 Å². The van der Waals surface area contributed by atoms with Crippen molar-refractivity contribution in [1.82, 2.24) is 15.1 Å². The van der Waals surface area contributed by atoms with E-state index in [0.717, 1.165) is 19.6 Å². The van der Waals surface area contributed by atoms with Crippen LogP contribution in [0.2, 0.25) is 0 Å². The molecule has 0 radical (unpaired) electrons. The maximum atomic E-state index is 4.16. The van der Waals surface area contributed by atoms with Crippen molar-refractivity contribution >= 4 is 11.8 Å². The molecule has 1 heterocycles. The molecule has 0 aliphatic heterocycles. The summed E-state index contributed by atoms with van der Waals surface area (Å²) in [5, 5.41) is 7.65. The van der Waals surface area contributed by atoms with Gasteiger partial charge in [0.2, 0.25) is 0 Å². The Labute approximate surface area is 89.3 Å². The van der Waals surface area contributed by atoms with Crippen LogP contribution in [0.3, 0.4) is 0 Å². The van der Waals surface area contributed by atoms with E-state index in [0.29, 0.717) is 4.75 Å². The molecular weight excluding hydrogens is 194 g/mol. The summed E-state index contributed by atoms with van der Waals surface area (Å²) in [7, 11) is 0. The number of hydrogen-bond acceptors (Lipinski definition) is 3. The first-order valence-corrected chi connectivity index (χ1v) is 6.30. The third kappa shape index (κ3) is 2.51. The first-order chi connectivity index (χ1) is 6.85. The maximum Gasteiger partial charge on any atom is 0.0533 e. The van der Waals surface area contributed by atoms with Crippen molar-refractivity contribution in [2.24, 2.45) is 0 Å². The lowest BCUT2D eigenvalue weighted by molar-refractivity contribution is 0.550. The smallest absolute Gasteiger partial charge is 0.0533 e. The van der Waals surface area contributed by atoms with Crippen LogP contribution in [-0.2, 0) is 6.54 Å². The largest absolute Gasteiger partial charge is 0.314 e. The lowest BCUT2D eigenvalue weighted by Gasteiger charge is -2.12. The molecule has 0 atom stereocenters. The Balaban J connectivity index is 1.60. The van der Waals surface area contributed by atoms with Gasteiger partial charge in [-0.1, -0.05) is 0 Å². The maximum absolute atomic E-state index is 4.16. The van der Waals surface area contributed by atoms with Gasteiger partial charge in [-0.15, -0.1) is 0 Å². The minimum absolute atomic E-state index is 0.574. The highest BCUT2D eigenvalue weighted by atomic mass is 32.2. The second-order valence-electron chi connectivity index (χ2n) is 3.83. The zero-order valence-electron chi connectivity index (χ0n) is 8.57. The molecule has 4 heteroatoms. The molecule has 14 heavy (non-hydrogen) atoms. The first kappa shape index (κ1) is 10.1. The van der Waals surface area contributed by atoms with Gasteiger partial charge in [-0.2, -0.15) is 16.9 Å². The minimum atomic E-state index is 0.574. The molecule has 1 aromatic heterocycles. The summed E-state index contributed by atoms with van der Waals surface area (Å²) in [5.74, 6) is 0. The third-order valence-corrected chi connectivity index (χ3v) is 4.18. The summed E-state index contributed by atoms with van der Waals surface area (Å²) in [5.41, 5.74) is 0. The van der Waals surface area contributed by atoms with E-state index in [9.17, 15) is 0 Å². The molecular formula is C10H17N3S. The van der Waals surface area contributed by atoms with Crippen LogP contribution in [0.15, 0.2) is 18.5 Å². The fourth-order valence-corrected chi connectivity index (χ4v) is 2.29. The number of thioether (sulfide) groups is 1.